The van der Waals surface area contributed by atoms with E-state index in [4.69, 9.17) is 5.11 Å². The maximum Gasteiger partial charge on any atom is 0.304 e. The molecule has 3 nitrogen and oxygen atoms in total. The number of hydrogen-bond acceptors (Lipinski definition) is 2. The lowest BCUT2D eigenvalue weighted by Gasteiger charge is -2.29. The number of hydrogen-bond donors (Lipinski definition) is 2. The van der Waals surface area contributed by atoms with Gasteiger partial charge in [0.25, 0.3) is 0 Å². The second kappa shape index (κ2) is 4.39. The van der Waals surface area contributed by atoms with Crippen LogP contribution in [0.3, 0.4) is 0 Å². The summed E-state index contributed by atoms with van der Waals surface area (Å²) in [7, 11) is 0. The summed E-state index contributed by atoms with van der Waals surface area (Å²) in [4.78, 5) is 11.0. The zero-order chi connectivity index (χ0) is 13.4. The lowest BCUT2D eigenvalue weighted by Crippen LogP contribution is -2.26. The van der Waals surface area contributed by atoms with Crippen LogP contribution in [0.1, 0.15) is 44.2 Å². The van der Waals surface area contributed by atoms with Gasteiger partial charge in [-0.1, -0.05) is 38.1 Å². The lowest BCUT2D eigenvalue weighted by molar-refractivity contribution is -0.138. The minimum absolute atomic E-state index is 0.103. The van der Waals surface area contributed by atoms with Crippen molar-refractivity contribution >= 4 is 5.97 Å². The van der Waals surface area contributed by atoms with Crippen molar-refractivity contribution in [2.75, 3.05) is 6.61 Å². The number of rotatable bonds is 5. The van der Waals surface area contributed by atoms with Crippen LogP contribution in [0.25, 0.3) is 0 Å². The molecule has 1 aliphatic carbocycles. The van der Waals surface area contributed by atoms with Gasteiger partial charge in [0.2, 0.25) is 0 Å². The number of aliphatic carboxylic acids is 1. The Kier molecular flexibility index (Phi) is 3.20. The van der Waals surface area contributed by atoms with Gasteiger partial charge in [0.1, 0.15) is 0 Å². The second-order valence-electron chi connectivity index (χ2n) is 5.94. The molecular formula is C15H20O3. The molecule has 1 fully saturated rings. The highest BCUT2D eigenvalue weighted by Crippen LogP contribution is 2.50. The summed E-state index contributed by atoms with van der Waals surface area (Å²) in [5, 5.41) is 18.6. The van der Waals surface area contributed by atoms with E-state index in [1.54, 1.807) is 0 Å². The third kappa shape index (κ3) is 2.27. The number of carbonyl (C=O) groups is 1. The third-order valence-corrected chi connectivity index (χ3v) is 3.98. The SMILES string of the molecule is CC(C)(CC(=O)O)c1ccccc1C1(CO)CC1. The van der Waals surface area contributed by atoms with Crippen LogP contribution in [0.5, 0.6) is 0 Å². The summed E-state index contributed by atoms with van der Waals surface area (Å²) in [6.07, 6.45) is 2.08. The van der Waals surface area contributed by atoms with E-state index < -0.39 is 11.4 Å². The molecule has 0 aliphatic heterocycles. The Balaban J connectivity index is 2.42. The largest absolute Gasteiger partial charge is 0.481 e. The fourth-order valence-electron chi connectivity index (χ4n) is 2.67. The molecule has 1 aliphatic rings. The molecule has 2 N–H and O–H groups in total. The molecule has 0 saturated heterocycles. The van der Waals surface area contributed by atoms with Gasteiger partial charge in [-0.2, -0.15) is 0 Å². The van der Waals surface area contributed by atoms with Crippen molar-refractivity contribution < 1.29 is 15.0 Å². The van der Waals surface area contributed by atoms with Gasteiger partial charge in [-0.25, -0.2) is 0 Å². The molecule has 18 heavy (non-hydrogen) atoms. The van der Waals surface area contributed by atoms with E-state index in [9.17, 15) is 9.90 Å². The van der Waals surface area contributed by atoms with Crippen LogP contribution < -0.4 is 0 Å². The van der Waals surface area contributed by atoms with Gasteiger partial charge < -0.3 is 10.2 Å². The van der Waals surface area contributed by atoms with Gasteiger partial charge in [0.05, 0.1) is 13.0 Å². The Hall–Kier alpha value is -1.35. The monoisotopic (exact) mass is 248 g/mol. The second-order valence-corrected chi connectivity index (χ2v) is 5.94. The quantitative estimate of drug-likeness (QED) is 0.841. The number of carboxylic acids is 1. The number of benzene rings is 1. The normalized spacial score (nSPS) is 17.5. The molecule has 3 heteroatoms. The Bertz CT molecular complexity index is 459. The average Bonchev–Trinajstić information content (AvgIpc) is 3.08. The highest BCUT2D eigenvalue weighted by Gasteiger charge is 2.46. The molecule has 0 heterocycles. The standard InChI is InChI=1S/C15H20O3/c1-14(2,9-13(17)18)11-5-3-4-6-12(11)15(10-16)7-8-15/h3-6,16H,7-10H2,1-2H3,(H,17,18). The Labute approximate surface area is 107 Å². The molecule has 0 atom stereocenters. The van der Waals surface area contributed by atoms with E-state index in [0.29, 0.717) is 0 Å². The topological polar surface area (TPSA) is 57.5 Å². The number of aliphatic hydroxyl groups excluding tert-OH is 1. The average molecular weight is 248 g/mol. The van der Waals surface area contributed by atoms with Crippen molar-refractivity contribution in [3.05, 3.63) is 35.4 Å². The van der Waals surface area contributed by atoms with Crippen LogP contribution in [0.15, 0.2) is 24.3 Å². The van der Waals surface area contributed by atoms with E-state index in [1.165, 1.54) is 0 Å². The summed E-state index contributed by atoms with van der Waals surface area (Å²) in [6, 6.07) is 7.93. The fourth-order valence-corrected chi connectivity index (χ4v) is 2.67. The van der Waals surface area contributed by atoms with Gasteiger partial charge in [0, 0.05) is 10.8 Å². The first kappa shape index (κ1) is 13.1. The molecule has 1 aromatic rings. The van der Waals surface area contributed by atoms with Crippen molar-refractivity contribution in [3.8, 4) is 0 Å². The highest BCUT2D eigenvalue weighted by atomic mass is 16.4. The number of aliphatic hydroxyl groups is 1. The first-order valence-electron chi connectivity index (χ1n) is 6.34. The molecule has 0 bridgehead atoms. The Morgan fingerprint density at radius 2 is 1.94 bits per heavy atom. The highest BCUT2D eigenvalue weighted by molar-refractivity contribution is 5.69. The molecule has 2 rings (SSSR count). The minimum atomic E-state index is -0.788. The molecular weight excluding hydrogens is 228 g/mol. The van der Waals surface area contributed by atoms with E-state index >= 15 is 0 Å². The van der Waals surface area contributed by atoms with Gasteiger partial charge in [-0.3, -0.25) is 4.79 Å². The molecule has 98 valence electrons. The predicted molar refractivity (Wildman–Crippen MR) is 69.7 cm³/mol. The first-order valence-corrected chi connectivity index (χ1v) is 6.34. The van der Waals surface area contributed by atoms with Crippen molar-refractivity contribution in [2.45, 2.75) is 43.9 Å². The van der Waals surface area contributed by atoms with E-state index in [2.05, 4.69) is 0 Å². The van der Waals surface area contributed by atoms with E-state index in [1.807, 2.05) is 38.1 Å². The van der Waals surface area contributed by atoms with Gasteiger partial charge in [-0.15, -0.1) is 0 Å². The molecule has 0 radical (unpaired) electrons. The molecule has 0 unspecified atom stereocenters. The van der Waals surface area contributed by atoms with Crippen LogP contribution in [-0.2, 0) is 15.6 Å². The Morgan fingerprint density at radius 1 is 1.33 bits per heavy atom. The molecule has 0 amide bonds. The zero-order valence-electron chi connectivity index (χ0n) is 10.9. The first-order chi connectivity index (χ1) is 8.41. The maximum atomic E-state index is 11.0. The summed E-state index contributed by atoms with van der Waals surface area (Å²) in [5.74, 6) is -0.788. The van der Waals surface area contributed by atoms with E-state index in [-0.39, 0.29) is 18.4 Å². The van der Waals surface area contributed by atoms with Gasteiger partial charge in [-0.05, 0) is 24.0 Å². The van der Waals surface area contributed by atoms with Crippen LogP contribution in [0.2, 0.25) is 0 Å². The number of carboxylic acid groups (broad SMARTS) is 1. The lowest BCUT2D eigenvalue weighted by atomic mass is 9.75. The smallest absolute Gasteiger partial charge is 0.304 e. The fraction of sp³-hybridized carbons (Fsp3) is 0.533. The molecule has 0 aromatic heterocycles. The van der Waals surface area contributed by atoms with Crippen LogP contribution in [-0.4, -0.2) is 22.8 Å². The van der Waals surface area contributed by atoms with Crippen molar-refractivity contribution in [3.63, 3.8) is 0 Å². The van der Waals surface area contributed by atoms with Crippen molar-refractivity contribution in [2.24, 2.45) is 0 Å². The summed E-state index contributed by atoms with van der Waals surface area (Å²) < 4.78 is 0. The summed E-state index contributed by atoms with van der Waals surface area (Å²) in [6.45, 7) is 4.05. The molecule has 0 spiro atoms. The van der Waals surface area contributed by atoms with Crippen molar-refractivity contribution in [1.82, 2.24) is 0 Å². The van der Waals surface area contributed by atoms with Crippen LogP contribution in [0, 0.1) is 0 Å². The van der Waals surface area contributed by atoms with Crippen molar-refractivity contribution in [1.29, 1.82) is 0 Å². The Morgan fingerprint density at radius 3 is 2.44 bits per heavy atom. The maximum absolute atomic E-state index is 11.0. The summed E-state index contributed by atoms with van der Waals surface area (Å²) >= 11 is 0. The minimum Gasteiger partial charge on any atom is -0.481 e. The molecule has 1 aromatic carbocycles. The van der Waals surface area contributed by atoms with Crippen LogP contribution >= 0.6 is 0 Å². The molecule has 1 saturated carbocycles. The third-order valence-electron chi connectivity index (χ3n) is 3.98. The summed E-state index contributed by atoms with van der Waals surface area (Å²) in [5.41, 5.74) is 1.65. The predicted octanol–water partition coefficient (Wildman–Crippen LogP) is 2.46. The van der Waals surface area contributed by atoms with Crippen LogP contribution in [0.4, 0.5) is 0 Å². The van der Waals surface area contributed by atoms with Gasteiger partial charge in [0.15, 0.2) is 0 Å². The zero-order valence-corrected chi connectivity index (χ0v) is 10.9. The van der Waals surface area contributed by atoms with E-state index in [0.717, 1.165) is 24.0 Å². The van der Waals surface area contributed by atoms with Gasteiger partial charge >= 0.3 is 5.97 Å².